The second kappa shape index (κ2) is 8.16. The largest absolute Gasteiger partial charge is 0.354 e. The summed E-state index contributed by atoms with van der Waals surface area (Å²) in [5.74, 6) is 1.11. The molecule has 32 heavy (non-hydrogen) atoms. The van der Waals surface area contributed by atoms with Gasteiger partial charge in [0.2, 0.25) is 0 Å². The third-order valence-corrected chi connectivity index (χ3v) is 6.08. The number of benzene rings is 1. The molecule has 2 unspecified atom stereocenters. The summed E-state index contributed by atoms with van der Waals surface area (Å²) in [5.41, 5.74) is 10.8. The third-order valence-electron chi connectivity index (χ3n) is 6.08. The summed E-state index contributed by atoms with van der Waals surface area (Å²) in [7, 11) is 0. The molecule has 0 spiro atoms. The van der Waals surface area contributed by atoms with Crippen molar-refractivity contribution in [1.29, 1.82) is 0 Å². The van der Waals surface area contributed by atoms with Gasteiger partial charge in [0.1, 0.15) is 11.4 Å². The van der Waals surface area contributed by atoms with E-state index in [1.165, 1.54) is 12.8 Å². The monoisotopic (exact) mass is 427 g/mol. The fourth-order valence-corrected chi connectivity index (χ4v) is 3.92. The van der Waals surface area contributed by atoms with Crippen molar-refractivity contribution >= 4 is 0 Å². The molecule has 7 nitrogen and oxygen atoms in total. The number of aromatic nitrogens is 4. The van der Waals surface area contributed by atoms with Gasteiger partial charge in [-0.3, -0.25) is 9.78 Å². The van der Waals surface area contributed by atoms with Gasteiger partial charge >= 0.3 is 0 Å². The molecule has 0 radical (unpaired) electrons. The summed E-state index contributed by atoms with van der Waals surface area (Å²) in [6, 6.07) is 13.3. The minimum atomic E-state index is -0.0604. The van der Waals surface area contributed by atoms with Gasteiger partial charge in [-0.25, -0.2) is 4.98 Å². The molecular weight excluding hydrogens is 402 g/mol. The van der Waals surface area contributed by atoms with Gasteiger partial charge in [0.15, 0.2) is 5.76 Å². The lowest BCUT2D eigenvalue weighted by molar-refractivity contribution is 0.433. The van der Waals surface area contributed by atoms with Crippen molar-refractivity contribution in [2.45, 2.75) is 38.8 Å². The highest BCUT2D eigenvalue weighted by Crippen LogP contribution is 2.39. The maximum atomic E-state index is 12.4. The molecule has 1 saturated carbocycles. The Morgan fingerprint density at radius 2 is 1.84 bits per heavy atom. The van der Waals surface area contributed by atoms with Gasteiger partial charge in [0.05, 0.1) is 18.1 Å². The Kier molecular flexibility index (Phi) is 5.19. The maximum absolute atomic E-state index is 12.4. The number of hydrogen-bond acceptors (Lipinski definition) is 6. The molecule has 2 N–H and O–H groups in total. The molecule has 0 aliphatic heterocycles. The first kappa shape index (κ1) is 20.3. The summed E-state index contributed by atoms with van der Waals surface area (Å²) in [4.78, 5) is 21.4. The molecule has 0 saturated heterocycles. The van der Waals surface area contributed by atoms with Crippen LogP contribution >= 0.6 is 0 Å². The Morgan fingerprint density at radius 3 is 2.62 bits per heavy atom. The van der Waals surface area contributed by atoms with Crippen LogP contribution in [0.15, 0.2) is 70.4 Å². The van der Waals surface area contributed by atoms with Gasteiger partial charge in [-0.15, -0.1) is 0 Å². The number of nitrogens with two attached hydrogens (primary N) is 1. The van der Waals surface area contributed by atoms with Crippen LogP contribution in [0.3, 0.4) is 0 Å². The molecule has 1 fully saturated rings. The highest BCUT2D eigenvalue weighted by molar-refractivity contribution is 5.67. The molecule has 1 aliphatic rings. The van der Waals surface area contributed by atoms with Crippen LogP contribution in [-0.4, -0.2) is 19.7 Å². The lowest BCUT2D eigenvalue weighted by Crippen LogP contribution is -2.23. The topological polar surface area (TPSA) is 99.8 Å². The molecule has 4 aromatic rings. The Hall–Kier alpha value is -3.58. The van der Waals surface area contributed by atoms with Crippen molar-refractivity contribution in [3.8, 4) is 34.0 Å². The van der Waals surface area contributed by atoms with E-state index in [0.717, 1.165) is 16.7 Å². The van der Waals surface area contributed by atoms with E-state index >= 15 is 0 Å². The van der Waals surface area contributed by atoms with Crippen molar-refractivity contribution in [1.82, 2.24) is 19.7 Å². The standard InChI is InChI=1S/C25H25N5O2/c1-15(26)18-4-3-5-19(10-18)21-11-24(32-29-21)23-13-27-12-22(28-23)20-8-9-25(31)30(14-20)16(2)17-6-7-17/h3-5,8-17H,6-7,26H2,1-2H3. The van der Waals surface area contributed by atoms with Crippen molar-refractivity contribution in [3.63, 3.8) is 0 Å². The number of rotatable bonds is 6. The van der Waals surface area contributed by atoms with Crippen LogP contribution in [0.25, 0.3) is 34.0 Å². The van der Waals surface area contributed by atoms with E-state index < -0.39 is 0 Å². The predicted octanol–water partition coefficient (Wildman–Crippen LogP) is 4.62. The molecule has 1 aliphatic carbocycles. The molecule has 0 amide bonds. The van der Waals surface area contributed by atoms with Gasteiger partial charge in [-0.1, -0.05) is 23.4 Å². The first-order valence-electron chi connectivity index (χ1n) is 10.9. The molecule has 3 aromatic heterocycles. The van der Waals surface area contributed by atoms with Crippen molar-refractivity contribution in [2.24, 2.45) is 11.7 Å². The Morgan fingerprint density at radius 1 is 1.03 bits per heavy atom. The first-order chi connectivity index (χ1) is 15.5. The molecule has 5 rings (SSSR count). The van der Waals surface area contributed by atoms with E-state index in [9.17, 15) is 4.79 Å². The molecule has 3 heterocycles. The van der Waals surface area contributed by atoms with Gasteiger partial charge < -0.3 is 14.8 Å². The summed E-state index contributed by atoms with van der Waals surface area (Å²) in [5, 5.41) is 4.21. The summed E-state index contributed by atoms with van der Waals surface area (Å²) < 4.78 is 7.38. The maximum Gasteiger partial charge on any atom is 0.250 e. The van der Waals surface area contributed by atoms with E-state index in [0.29, 0.717) is 28.8 Å². The minimum absolute atomic E-state index is 0.00571. The van der Waals surface area contributed by atoms with Crippen molar-refractivity contribution in [2.75, 3.05) is 0 Å². The Balaban J connectivity index is 1.46. The normalized spacial score (nSPS) is 15.5. The van der Waals surface area contributed by atoms with Crippen LogP contribution in [0, 0.1) is 5.92 Å². The quantitative estimate of drug-likeness (QED) is 0.482. The Labute approximate surface area is 185 Å². The summed E-state index contributed by atoms with van der Waals surface area (Å²) >= 11 is 0. The van der Waals surface area contributed by atoms with E-state index in [2.05, 4.69) is 17.1 Å². The molecule has 2 atom stereocenters. The zero-order valence-corrected chi connectivity index (χ0v) is 18.1. The predicted molar refractivity (Wildman–Crippen MR) is 123 cm³/mol. The zero-order chi connectivity index (χ0) is 22.2. The smallest absolute Gasteiger partial charge is 0.250 e. The second-order valence-corrected chi connectivity index (χ2v) is 8.52. The molecule has 1 aromatic carbocycles. The number of hydrogen-bond donors (Lipinski definition) is 1. The lowest BCUT2D eigenvalue weighted by atomic mass is 10.0. The van der Waals surface area contributed by atoms with Gasteiger partial charge in [-0.05, 0) is 50.3 Å². The fourth-order valence-electron chi connectivity index (χ4n) is 3.92. The summed E-state index contributed by atoms with van der Waals surface area (Å²) in [6.07, 6.45) is 7.57. The molecule has 0 bridgehead atoms. The van der Waals surface area contributed by atoms with Crippen LogP contribution in [0.2, 0.25) is 0 Å². The third kappa shape index (κ3) is 3.99. The van der Waals surface area contributed by atoms with Crippen LogP contribution in [0.4, 0.5) is 0 Å². The van der Waals surface area contributed by atoms with E-state index in [1.54, 1.807) is 29.1 Å². The van der Waals surface area contributed by atoms with Crippen LogP contribution in [-0.2, 0) is 0 Å². The van der Waals surface area contributed by atoms with E-state index in [1.807, 2.05) is 43.5 Å². The second-order valence-electron chi connectivity index (χ2n) is 8.52. The minimum Gasteiger partial charge on any atom is -0.354 e. The lowest BCUT2D eigenvalue weighted by Gasteiger charge is -2.15. The average molecular weight is 428 g/mol. The molecular formula is C25H25N5O2. The van der Waals surface area contributed by atoms with E-state index in [-0.39, 0.29) is 17.6 Å². The highest BCUT2D eigenvalue weighted by atomic mass is 16.5. The Bertz CT molecular complexity index is 1320. The fraction of sp³-hybridized carbons (Fsp3) is 0.280. The van der Waals surface area contributed by atoms with Crippen LogP contribution < -0.4 is 11.3 Å². The van der Waals surface area contributed by atoms with Crippen LogP contribution in [0.5, 0.6) is 0 Å². The highest BCUT2D eigenvalue weighted by Gasteiger charge is 2.29. The summed E-state index contributed by atoms with van der Waals surface area (Å²) in [6.45, 7) is 4.05. The van der Waals surface area contributed by atoms with Crippen molar-refractivity contribution < 1.29 is 4.52 Å². The number of nitrogens with zero attached hydrogens (tertiary/aromatic N) is 4. The van der Waals surface area contributed by atoms with Gasteiger partial charge in [-0.2, -0.15) is 0 Å². The molecule has 7 heteroatoms. The SMILES string of the molecule is CC(N)c1cccc(-c2cc(-c3cncc(-c4ccc(=O)n(C(C)C5CC5)c4)n3)on2)c1. The average Bonchev–Trinajstić information content (AvgIpc) is 3.55. The van der Waals surface area contributed by atoms with Crippen LogP contribution in [0.1, 0.15) is 44.3 Å². The number of pyridine rings is 1. The molecule has 162 valence electrons. The zero-order valence-electron chi connectivity index (χ0n) is 18.1. The first-order valence-corrected chi connectivity index (χ1v) is 10.9. The van der Waals surface area contributed by atoms with Gasteiger partial charge in [0.25, 0.3) is 5.56 Å². The van der Waals surface area contributed by atoms with Crippen molar-refractivity contribution in [3.05, 3.63) is 77.0 Å². The van der Waals surface area contributed by atoms with E-state index in [4.69, 9.17) is 15.2 Å². The van der Waals surface area contributed by atoms with Gasteiger partial charge in [0, 0.05) is 41.5 Å².